The second-order valence-electron chi connectivity index (χ2n) is 6.24. The first-order valence-corrected chi connectivity index (χ1v) is 8.75. The number of aryl methyl sites for hydroxylation is 2. The van der Waals surface area contributed by atoms with E-state index in [0.29, 0.717) is 18.2 Å². The second-order valence-corrected chi connectivity index (χ2v) is 6.24. The summed E-state index contributed by atoms with van der Waals surface area (Å²) in [7, 11) is 0. The molecule has 25 heavy (non-hydrogen) atoms. The van der Waals surface area contributed by atoms with Crippen molar-refractivity contribution in [1.82, 2.24) is 15.3 Å². The molecule has 1 aliphatic heterocycles. The third-order valence-corrected chi connectivity index (χ3v) is 4.22. The fraction of sp³-hybridized carbons (Fsp3) is 0.421. The van der Waals surface area contributed by atoms with Crippen molar-refractivity contribution in [2.75, 3.05) is 18.5 Å². The van der Waals surface area contributed by atoms with Crippen LogP contribution in [-0.2, 0) is 11.2 Å². The molecule has 3 rings (SSSR count). The van der Waals surface area contributed by atoms with E-state index in [1.807, 2.05) is 19.1 Å². The van der Waals surface area contributed by atoms with Gasteiger partial charge in [0.25, 0.3) is 5.91 Å². The Balaban J connectivity index is 1.67. The van der Waals surface area contributed by atoms with Crippen molar-refractivity contribution in [1.29, 1.82) is 0 Å². The van der Waals surface area contributed by atoms with Gasteiger partial charge in [0, 0.05) is 24.5 Å². The van der Waals surface area contributed by atoms with Crippen LogP contribution in [0, 0.1) is 6.92 Å². The fourth-order valence-electron chi connectivity index (χ4n) is 2.80. The Morgan fingerprint density at radius 3 is 2.76 bits per heavy atom. The predicted octanol–water partition coefficient (Wildman–Crippen LogP) is 3.00. The summed E-state index contributed by atoms with van der Waals surface area (Å²) in [6.07, 6.45) is 3.15. The molecule has 1 aromatic carbocycles. The molecule has 0 aliphatic carbocycles. The molecule has 2 aromatic rings. The maximum Gasteiger partial charge on any atom is 0.270 e. The van der Waals surface area contributed by atoms with Gasteiger partial charge in [0.05, 0.1) is 6.10 Å². The predicted molar refractivity (Wildman–Crippen MR) is 97.2 cm³/mol. The van der Waals surface area contributed by atoms with Crippen LogP contribution in [0.3, 0.4) is 0 Å². The number of hydrogen-bond donors (Lipinski definition) is 2. The summed E-state index contributed by atoms with van der Waals surface area (Å²) in [6, 6.07) is 9.79. The van der Waals surface area contributed by atoms with Gasteiger partial charge in [-0.1, -0.05) is 19.1 Å². The molecule has 0 saturated carbocycles. The Bertz CT molecular complexity index is 725. The number of carbonyl (C=O) groups excluding carboxylic acids is 1. The van der Waals surface area contributed by atoms with Crippen LogP contribution in [0.1, 0.15) is 41.5 Å². The van der Waals surface area contributed by atoms with Crippen LogP contribution in [0.2, 0.25) is 0 Å². The first-order chi connectivity index (χ1) is 12.1. The molecule has 6 nitrogen and oxygen atoms in total. The average Bonchev–Trinajstić information content (AvgIpc) is 3.13. The van der Waals surface area contributed by atoms with E-state index in [0.717, 1.165) is 37.3 Å². The third-order valence-electron chi connectivity index (χ3n) is 4.22. The average molecular weight is 340 g/mol. The summed E-state index contributed by atoms with van der Waals surface area (Å²) in [6.45, 7) is 5.26. The molecular weight excluding hydrogens is 316 g/mol. The molecule has 1 unspecified atom stereocenters. The van der Waals surface area contributed by atoms with E-state index in [2.05, 4.69) is 39.7 Å². The van der Waals surface area contributed by atoms with Crippen molar-refractivity contribution in [3.8, 4) is 0 Å². The second kappa shape index (κ2) is 8.07. The van der Waals surface area contributed by atoms with Gasteiger partial charge in [-0.15, -0.1) is 0 Å². The van der Waals surface area contributed by atoms with Crippen LogP contribution in [0.25, 0.3) is 0 Å². The van der Waals surface area contributed by atoms with E-state index >= 15 is 0 Å². The van der Waals surface area contributed by atoms with Crippen molar-refractivity contribution in [2.24, 2.45) is 0 Å². The summed E-state index contributed by atoms with van der Waals surface area (Å²) in [5, 5.41) is 6.05. The Morgan fingerprint density at radius 1 is 1.28 bits per heavy atom. The van der Waals surface area contributed by atoms with Crippen LogP contribution in [0.15, 0.2) is 30.3 Å². The van der Waals surface area contributed by atoms with Crippen molar-refractivity contribution >= 4 is 17.5 Å². The molecular formula is C19H24N4O2. The number of benzene rings is 1. The lowest BCUT2D eigenvalue weighted by Crippen LogP contribution is -2.32. The molecule has 2 N–H and O–H groups in total. The zero-order valence-corrected chi connectivity index (χ0v) is 14.7. The zero-order chi connectivity index (χ0) is 17.6. The number of hydrogen-bond acceptors (Lipinski definition) is 5. The highest BCUT2D eigenvalue weighted by atomic mass is 16.5. The van der Waals surface area contributed by atoms with Crippen LogP contribution >= 0.6 is 0 Å². The summed E-state index contributed by atoms with van der Waals surface area (Å²) in [5.41, 5.74) is 3.27. The minimum Gasteiger partial charge on any atom is -0.376 e. The van der Waals surface area contributed by atoms with Gasteiger partial charge in [0.1, 0.15) is 5.69 Å². The lowest BCUT2D eigenvalue weighted by molar-refractivity contribution is 0.0853. The monoisotopic (exact) mass is 340 g/mol. The number of nitrogens with one attached hydrogen (secondary N) is 2. The van der Waals surface area contributed by atoms with Crippen molar-refractivity contribution in [3.63, 3.8) is 0 Å². The van der Waals surface area contributed by atoms with Gasteiger partial charge >= 0.3 is 0 Å². The largest absolute Gasteiger partial charge is 0.376 e. The number of ether oxygens (including phenoxy) is 1. The molecule has 6 heteroatoms. The fourth-order valence-corrected chi connectivity index (χ4v) is 2.80. The summed E-state index contributed by atoms with van der Waals surface area (Å²) >= 11 is 0. The van der Waals surface area contributed by atoms with Gasteiger partial charge in [-0.3, -0.25) is 4.79 Å². The number of nitrogens with zero attached hydrogens (tertiary/aromatic N) is 2. The molecule has 1 atom stereocenters. The van der Waals surface area contributed by atoms with E-state index in [1.54, 1.807) is 6.07 Å². The highest BCUT2D eigenvalue weighted by Gasteiger charge is 2.17. The molecule has 0 radical (unpaired) electrons. The molecule has 1 aliphatic rings. The summed E-state index contributed by atoms with van der Waals surface area (Å²) < 4.78 is 5.52. The van der Waals surface area contributed by atoms with Gasteiger partial charge in [-0.05, 0) is 49.9 Å². The topological polar surface area (TPSA) is 76.1 Å². The maximum atomic E-state index is 12.4. The smallest absolute Gasteiger partial charge is 0.270 e. The SMILES string of the molecule is CCc1ccc(Nc2nc(C)cc(C(=O)NCC3CCCO3)n2)cc1. The molecule has 1 fully saturated rings. The highest BCUT2D eigenvalue weighted by molar-refractivity contribution is 5.92. The Hall–Kier alpha value is -2.47. The van der Waals surface area contributed by atoms with Crippen LogP contribution in [0.5, 0.6) is 0 Å². The van der Waals surface area contributed by atoms with Gasteiger partial charge in [0.15, 0.2) is 0 Å². The maximum absolute atomic E-state index is 12.4. The van der Waals surface area contributed by atoms with E-state index in [4.69, 9.17) is 4.74 Å². The molecule has 0 bridgehead atoms. The van der Waals surface area contributed by atoms with Crippen molar-refractivity contribution < 1.29 is 9.53 Å². The minimum absolute atomic E-state index is 0.113. The lowest BCUT2D eigenvalue weighted by atomic mass is 10.1. The van der Waals surface area contributed by atoms with E-state index in [1.165, 1.54) is 5.56 Å². The van der Waals surface area contributed by atoms with E-state index < -0.39 is 0 Å². The number of rotatable bonds is 6. The van der Waals surface area contributed by atoms with Crippen molar-refractivity contribution in [2.45, 2.75) is 39.2 Å². The number of amides is 1. The molecule has 2 heterocycles. The van der Waals surface area contributed by atoms with E-state index in [-0.39, 0.29) is 12.0 Å². The highest BCUT2D eigenvalue weighted by Crippen LogP contribution is 2.16. The number of aromatic nitrogens is 2. The summed E-state index contributed by atoms with van der Waals surface area (Å²) in [5.74, 6) is 0.219. The Kier molecular flexibility index (Phi) is 5.60. The standard InChI is InChI=1S/C19H24N4O2/c1-3-14-6-8-15(9-7-14)22-19-21-13(2)11-17(23-19)18(24)20-12-16-5-4-10-25-16/h6-9,11,16H,3-5,10,12H2,1-2H3,(H,20,24)(H,21,22,23). The normalized spacial score (nSPS) is 16.6. The summed E-state index contributed by atoms with van der Waals surface area (Å²) in [4.78, 5) is 21.1. The number of anilines is 2. The van der Waals surface area contributed by atoms with Crippen LogP contribution < -0.4 is 10.6 Å². The zero-order valence-electron chi connectivity index (χ0n) is 14.7. The van der Waals surface area contributed by atoms with Crippen LogP contribution in [-0.4, -0.2) is 35.1 Å². The first-order valence-electron chi connectivity index (χ1n) is 8.75. The van der Waals surface area contributed by atoms with Gasteiger partial charge in [-0.2, -0.15) is 0 Å². The van der Waals surface area contributed by atoms with Crippen molar-refractivity contribution in [3.05, 3.63) is 47.3 Å². The molecule has 132 valence electrons. The van der Waals surface area contributed by atoms with Gasteiger partial charge in [-0.25, -0.2) is 9.97 Å². The molecule has 1 saturated heterocycles. The molecule has 1 amide bonds. The lowest BCUT2D eigenvalue weighted by Gasteiger charge is -2.12. The van der Waals surface area contributed by atoms with E-state index in [9.17, 15) is 4.79 Å². The molecule has 0 spiro atoms. The Labute approximate surface area is 148 Å². The van der Waals surface area contributed by atoms with Gasteiger partial charge in [0.2, 0.25) is 5.95 Å². The Morgan fingerprint density at radius 2 is 2.08 bits per heavy atom. The molecule has 1 aromatic heterocycles. The number of carbonyl (C=O) groups is 1. The third kappa shape index (κ3) is 4.76. The minimum atomic E-state index is -0.203. The quantitative estimate of drug-likeness (QED) is 0.845. The first kappa shape index (κ1) is 17.4. The van der Waals surface area contributed by atoms with Gasteiger partial charge < -0.3 is 15.4 Å². The van der Waals surface area contributed by atoms with Crippen LogP contribution in [0.4, 0.5) is 11.6 Å².